The van der Waals surface area contributed by atoms with Crippen LogP contribution in [-0.4, -0.2) is 28.8 Å². The second-order valence-electron chi connectivity index (χ2n) is 6.64. The molecule has 1 saturated heterocycles. The Morgan fingerprint density at radius 3 is 2.35 bits per heavy atom. The summed E-state index contributed by atoms with van der Waals surface area (Å²) in [6, 6.07) is 16.7. The zero-order valence-corrected chi connectivity index (χ0v) is 14.6. The molecule has 0 spiro atoms. The molecule has 1 aliphatic heterocycles. The van der Waals surface area contributed by atoms with Gasteiger partial charge < -0.3 is 4.90 Å². The predicted octanol–water partition coefficient (Wildman–Crippen LogP) is 4.09. The van der Waals surface area contributed by atoms with Crippen LogP contribution >= 0.6 is 0 Å². The van der Waals surface area contributed by atoms with Gasteiger partial charge in [-0.2, -0.15) is 0 Å². The normalized spacial score (nSPS) is 15.3. The summed E-state index contributed by atoms with van der Waals surface area (Å²) in [4.78, 5) is 24.4. The van der Waals surface area contributed by atoms with Gasteiger partial charge in [0.15, 0.2) is 0 Å². The Hall–Kier alpha value is -2.95. The van der Waals surface area contributed by atoms with Gasteiger partial charge in [-0.15, -0.1) is 0 Å². The fourth-order valence-corrected chi connectivity index (χ4v) is 3.28. The Morgan fingerprint density at radius 2 is 1.73 bits per heavy atom. The van der Waals surface area contributed by atoms with Crippen molar-refractivity contribution in [2.24, 2.45) is 5.92 Å². The minimum absolute atomic E-state index is 0.00140. The van der Waals surface area contributed by atoms with Crippen LogP contribution in [0.3, 0.4) is 0 Å². The van der Waals surface area contributed by atoms with Gasteiger partial charge in [0.2, 0.25) is 5.91 Å². The molecule has 1 heterocycles. The van der Waals surface area contributed by atoms with Gasteiger partial charge in [-0.3, -0.25) is 14.9 Å². The highest BCUT2D eigenvalue weighted by Crippen LogP contribution is 2.22. The van der Waals surface area contributed by atoms with Crippen molar-refractivity contribution in [3.63, 3.8) is 0 Å². The third kappa shape index (κ3) is 4.79. The first-order chi connectivity index (χ1) is 12.6. The van der Waals surface area contributed by atoms with Gasteiger partial charge in [0.05, 0.1) is 4.92 Å². The number of amides is 1. The molecule has 5 heteroatoms. The molecule has 0 bridgehead atoms. The number of carbonyl (C=O) groups is 1. The predicted molar refractivity (Wildman–Crippen MR) is 102 cm³/mol. The van der Waals surface area contributed by atoms with Crippen LogP contribution in [0.25, 0.3) is 6.08 Å². The number of benzene rings is 2. The summed E-state index contributed by atoms with van der Waals surface area (Å²) in [5.74, 6) is 0.626. The van der Waals surface area contributed by atoms with Crippen LogP contribution in [-0.2, 0) is 11.2 Å². The largest absolute Gasteiger partial charge is 0.339 e. The minimum Gasteiger partial charge on any atom is -0.339 e. The van der Waals surface area contributed by atoms with E-state index in [0.717, 1.165) is 37.9 Å². The van der Waals surface area contributed by atoms with E-state index in [0.29, 0.717) is 5.92 Å². The maximum absolute atomic E-state index is 12.3. The topological polar surface area (TPSA) is 63.4 Å². The molecule has 0 atom stereocenters. The number of likely N-dealkylation sites (tertiary alicyclic amines) is 1. The summed E-state index contributed by atoms with van der Waals surface area (Å²) in [6.07, 6.45) is 6.38. The maximum Gasteiger partial charge on any atom is 0.269 e. The lowest BCUT2D eigenvalue weighted by molar-refractivity contribution is -0.384. The number of carbonyl (C=O) groups excluding carboxylic acids is 1. The first kappa shape index (κ1) is 17.9. The standard InChI is InChI=1S/C21H22N2O3/c24-21(11-8-17-6-9-20(10-7-17)23(25)26)22-14-12-19(13-15-22)16-18-4-2-1-3-5-18/h1-11,19H,12-16H2/b11-8+. The highest BCUT2D eigenvalue weighted by molar-refractivity contribution is 5.91. The molecule has 134 valence electrons. The molecular formula is C21H22N2O3. The Labute approximate surface area is 153 Å². The molecule has 0 radical (unpaired) electrons. The first-order valence-electron chi connectivity index (χ1n) is 8.87. The number of nitro benzene ring substituents is 1. The number of rotatable bonds is 5. The van der Waals surface area contributed by atoms with Crippen LogP contribution in [0.4, 0.5) is 5.69 Å². The third-order valence-corrected chi connectivity index (χ3v) is 4.82. The molecule has 2 aromatic rings. The van der Waals surface area contributed by atoms with Gasteiger partial charge in [-0.25, -0.2) is 0 Å². The highest BCUT2D eigenvalue weighted by atomic mass is 16.6. The number of hydrogen-bond donors (Lipinski definition) is 0. The molecule has 0 unspecified atom stereocenters. The summed E-state index contributed by atoms with van der Waals surface area (Å²) in [6.45, 7) is 1.56. The Bertz CT molecular complexity index is 777. The van der Waals surface area contributed by atoms with Crippen molar-refractivity contribution in [2.45, 2.75) is 19.3 Å². The Balaban J connectivity index is 1.49. The molecule has 0 N–H and O–H groups in total. The average molecular weight is 350 g/mol. The van der Waals surface area contributed by atoms with Crippen molar-refractivity contribution in [1.82, 2.24) is 4.90 Å². The number of nitrogens with zero attached hydrogens (tertiary/aromatic N) is 2. The molecule has 3 rings (SSSR count). The third-order valence-electron chi connectivity index (χ3n) is 4.82. The summed E-state index contributed by atoms with van der Waals surface area (Å²) >= 11 is 0. The van der Waals surface area contributed by atoms with Crippen molar-refractivity contribution >= 4 is 17.7 Å². The lowest BCUT2D eigenvalue weighted by atomic mass is 9.90. The van der Waals surface area contributed by atoms with Crippen LogP contribution in [0.5, 0.6) is 0 Å². The monoisotopic (exact) mass is 350 g/mol. The van der Waals surface area contributed by atoms with E-state index in [1.54, 1.807) is 24.3 Å². The quantitative estimate of drug-likeness (QED) is 0.463. The van der Waals surface area contributed by atoms with E-state index in [2.05, 4.69) is 24.3 Å². The van der Waals surface area contributed by atoms with Crippen LogP contribution in [0.2, 0.25) is 0 Å². The van der Waals surface area contributed by atoms with Crippen molar-refractivity contribution in [3.8, 4) is 0 Å². The van der Waals surface area contributed by atoms with Crippen molar-refractivity contribution in [3.05, 3.63) is 81.9 Å². The van der Waals surface area contributed by atoms with Crippen LogP contribution in [0.15, 0.2) is 60.7 Å². The van der Waals surface area contributed by atoms with Gasteiger partial charge in [-0.05, 0) is 54.5 Å². The zero-order chi connectivity index (χ0) is 18.4. The second-order valence-corrected chi connectivity index (χ2v) is 6.64. The molecule has 26 heavy (non-hydrogen) atoms. The van der Waals surface area contributed by atoms with Gasteiger partial charge in [0, 0.05) is 31.3 Å². The Morgan fingerprint density at radius 1 is 1.08 bits per heavy atom. The smallest absolute Gasteiger partial charge is 0.269 e. The van der Waals surface area contributed by atoms with Gasteiger partial charge >= 0.3 is 0 Å². The van der Waals surface area contributed by atoms with Crippen molar-refractivity contribution < 1.29 is 9.72 Å². The Kier molecular flexibility index (Phi) is 5.79. The molecule has 5 nitrogen and oxygen atoms in total. The summed E-state index contributed by atoms with van der Waals surface area (Å²) < 4.78 is 0. The van der Waals surface area contributed by atoms with E-state index < -0.39 is 4.92 Å². The molecule has 0 aliphatic carbocycles. The fourth-order valence-electron chi connectivity index (χ4n) is 3.28. The van der Waals surface area contributed by atoms with E-state index in [4.69, 9.17) is 0 Å². The highest BCUT2D eigenvalue weighted by Gasteiger charge is 2.21. The summed E-state index contributed by atoms with van der Waals surface area (Å²) in [5, 5.41) is 10.7. The van der Waals surface area contributed by atoms with Gasteiger partial charge in [0.25, 0.3) is 5.69 Å². The number of hydrogen-bond acceptors (Lipinski definition) is 3. The van der Waals surface area contributed by atoms with E-state index in [9.17, 15) is 14.9 Å². The minimum atomic E-state index is -0.432. The zero-order valence-electron chi connectivity index (χ0n) is 14.6. The number of piperidine rings is 1. The van der Waals surface area contributed by atoms with Crippen molar-refractivity contribution in [2.75, 3.05) is 13.1 Å². The number of non-ortho nitro benzene ring substituents is 1. The van der Waals surface area contributed by atoms with Crippen molar-refractivity contribution in [1.29, 1.82) is 0 Å². The fraction of sp³-hybridized carbons (Fsp3) is 0.286. The summed E-state index contributed by atoms with van der Waals surface area (Å²) in [5.41, 5.74) is 2.19. The average Bonchev–Trinajstić information content (AvgIpc) is 2.68. The lowest BCUT2D eigenvalue weighted by Gasteiger charge is -2.31. The molecular weight excluding hydrogens is 328 g/mol. The summed E-state index contributed by atoms with van der Waals surface area (Å²) in [7, 11) is 0. The van der Waals surface area contributed by atoms with E-state index in [-0.39, 0.29) is 11.6 Å². The second kappa shape index (κ2) is 8.43. The van der Waals surface area contributed by atoms with Crippen LogP contribution in [0.1, 0.15) is 24.0 Å². The van der Waals surface area contributed by atoms with Crippen LogP contribution < -0.4 is 0 Å². The SMILES string of the molecule is O=C(/C=C/c1ccc([N+](=O)[O-])cc1)N1CCC(Cc2ccccc2)CC1. The van der Waals surface area contributed by atoms with E-state index in [1.807, 2.05) is 11.0 Å². The maximum atomic E-state index is 12.3. The molecule has 2 aromatic carbocycles. The number of nitro groups is 1. The molecule has 1 fully saturated rings. The lowest BCUT2D eigenvalue weighted by Crippen LogP contribution is -2.37. The van der Waals surface area contributed by atoms with E-state index >= 15 is 0 Å². The van der Waals surface area contributed by atoms with Gasteiger partial charge in [0.1, 0.15) is 0 Å². The van der Waals surface area contributed by atoms with Gasteiger partial charge in [-0.1, -0.05) is 30.3 Å². The molecule has 1 amide bonds. The van der Waals surface area contributed by atoms with E-state index in [1.165, 1.54) is 17.7 Å². The molecule has 0 aromatic heterocycles. The molecule has 0 saturated carbocycles. The van der Waals surface area contributed by atoms with Crippen LogP contribution in [0, 0.1) is 16.0 Å². The first-order valence-corrected chi connectivity index (χ1v) is 8.87. The molecule has 1 aliphatic rings.